The van der Waals surface area contributed by atoms with E-state index in [1.54, 1.807) is 29.6 Å². The van der Waals surface area contributed by atoms with Crippen molar-refractivity contribution in [1.82, 2.24) is 29.0 Å². The van der Waals surface area contributed by atoms with E-state index in [2.05, 4.69) is 20.6 Å². The van der Waals surface area contributed by atoms with E-state index in [0.29, 0.717) is 56.0 Å². The number of hydrogen-bond acceptors (Lipinski definition) is 6. The molecule has 43 heavy (non-hydrogen) atoms. The van der Waals surface area contributed by atoms with Crippen molar-refractivity contribution in [1.29, 1.82) is 0 Å². The van der Waals surface area contributed by atoms with Gasteiger partial charge in [0.25, 0.3) is 5.91 Å². The van der Waals surface area contributed by atoms with Crippen molar-refractivity contribution < 1.29 is 13.9 Å². The fourth-order valence-electron chi connectivity index (χ4n) is 5.50. The van der Waals surface area contributed by atoms with Gasteiger partial charge in [-0.2, -0.15) is 0 Å². The first-order chi connectivity index (χ1) is 21.1. The van der Waals surface area contributed by atoms with Crippen molar-refractivity contribution in [2.75, 3.05) is 18.4 Å². The predicted octanol–water partition coefficient (Wildman–Crippen LogP) is 5.10. The lowest BCUT2D eigenvalue weighted by Gasteiger charge is -2.26. The number of hydrogen-bond donors (Lipinski definition) is 2. The van der Waals surface area contributed by atoms with E-state index >= 15 is 4.39 Å². The topological polar surface area (TPSA) is 108 Å². The number of benzene rings is 3. The van der Waals surface area contributed by atoms with Crippen molar-refractivity contribution >= 4 is 33.3 Å². The Morgan fingerprint density at radius 2 is 1.63 bits per heavy atom. The number of imidazole rings is 2. The van der Waals surface area contributed by atoms with Crippen LogP contribution in [0.25, 0.3) is 27.4 Å². The molecular formula is C32H28FN7O3. The van der Waals surface area contributed by atoms with Crippen LogP contribution in [0.5, 0.6) is 11.5 Å². The molecule has 3 aromatic carbocycles. The molecule has 4 heterocycles. The molecule has 2 N–H and O–H groups in total. The Morgan fingerprint density at radius 1 is 0.930 bits per heavy atom. The maximum Gasteiger partial charge on any atom is 0.256 e. The Kier molecular flexibility index (Phi) is 6.82. The van der Waals surface area contributed by atoms with Crippen LogP contribution in [0, 0.1) is 5.82 Å². The molecule has 216 valence electrons. The predicted molar refractivity (Wildman–Crippen MR) is 162 cm³/mol. The molecule has 1 aliphatic rings. The number of anilines is 1. The summed E-state index contributed by atoms with van der Waals surface area (Å²) >= 11 is 0. The number of nitrogens with zero attached hydrogens (tertiary/aromatic N) is 5. The number of pyridine rings is 1. The summed E-state index contributed by atoms with van der Waals surface area (Å²) in [5.41, 5.74) is 0.605. The van der Waals surface area contributed by atoms with Crippen LogP contribution < -0.4 is 20.8 Å². The van der Waals surface area contributed by atoms with Gasteiger partial charge in [0.05, 0.1) is 23.7 Å². The minimum atomic E-state index is -0.629. The van der Waals surface area contributed by atoms with Crippen LogP contribution in [0.15, 0.2) is 90.9 Å². The lowest BCUT2D eigenvalue weighted by molar-refractivity contribution is 0.0951. The van der Waals surface area contributed by atoms with Gasteiger partial charge in [-0.3, -0.25) is 9.59 Å². The fraction of sp³-hybridized carbons (Fsp3) is 0.188. The summed E-state index contributed by atoms with van der Waals surface area (Å²) in [6.45, 7) is 2.21. The lowest BCUT2D eigenvalue weighted by Crippen LogP contribution is -2.31. The molecule has 10 nitrogen and oxygen atoms in total. The molecule has 1 amide bonds. The number of carbonyl (C=O) groups excluding carboxylic acids is 1. The molecule has 0 unspecified atom stereocenters. The third-order valence-electron chi connectivity index (χ3n) is 7.63. The Hall–Kier alpha value is -5.45. The molecule has 6 aromatic rings. The van der Waals surface area contributed by atoms with E-state index in [-0.39, 0.29) is 22.4 Å². The zero-order valence-electron chi connectivity index (χ0n) is 23.2. The molecule has 0 saturated heterocycles. The highest BCUT2D eigenvalue weighted by Gasteiger charge is 2.28. The average molecular weight is 578 g/mol. The fourth-order valence-corrected chi connectivity index (χ4v) is 5.50. The van der Waals surface area contributed by atoms with Crippen LogP contribution in [0.2, 0.25) is 0 Å². The van der Waals surface area contributed by atoms with E-state index in [1.165, 1.54) is 12.3 Å². The summed E-state index contributed by atoms with van der Waals surface area (Å²) < 4.78 is 27.7. The molecule has 0 bridgehead atoms. The Labute approximate surface area is 245 Å². The monoisotopic (exact) mass is 577 g/mol. The third-order valence-corrected chi connectivity index (χ3v) is 7.63. The first kappa shape index (κ1) is 26.4. The highest BCUT2D eigenvalue weighted by molar-refractivity contribution is 6.02. The standard InChI is InChI=1S/C32H28FN7O3/c33-25-17-23-29-31(28(25)36-7-3-11-38-13-9-34-19-38)43-27-16-22-6-2-1-5-21(22)15-26(27)40(29)18-24(30(23)41)32(42)37-8-4-12-39-14-10-35-20-39/h1-2,5-6,9-10,13-20,36H,3-4,7-8,11-12H2,(H,37,42). The Balaban J connectivity index is 1.27. The van der Waals surface area contributed by atoms with Gasteiger partial charge >= 0.3 is 0 Å². The number of ether oxygens (including phenoxy) is 1. The molecular weight excluding hydrogens is 549 g/mol. The van der Waals surface area contributed by atoms with Crippen LogP contribution in [-0.4, -0.2) is 42.7 Å². The maximum absolute atomic E-state index is 15.7. The number of halogens is 1. The average Bonchev–Trinajstić information content (AvgIpc) is 3.74. The van der Waals surface area contributed by atoms with E-state index in [1.807, 2.05) is 57.9 Å². The summed E-state index contributed by atoms with van der Waals surface area (Å²) in [6.07, 6.45) is 13.5. The number of rotatable bonds is 10. The van der Waals surface area contributed by atoms with Gasteiger partial charge in [0.1, 0.15) is 16.8 Å². The van der Waals surface area contributed by atoms with Crippen molar-refractivity contribution in [2.24, 2.45) is 0 Å². The zero-order valence-corrected chi connectivity index (χ0v) is 23.2. The van der Waals surface area contributed by atoms with Gasteiger partial charge in [-0.1, -0.05) is 24.3 Å². The molecule has 0 fully saturated rings. The number of amides is 1. The summed E-state index contributed by atoms with van der Waals surface area (Å²) in [5.74, 6) is -0.436. The molecule has 3 aromatic heterocycles. The number of fused-ring (bicyclic) bond motifs is 3. The lowest BCUT2D eigenvalue weighted by atomic mass is 10.0. The molecule has 7 rings (SSSR count). The van der Waals surface area contributed by atoms with Crippen LogP contribution in [0.1, 0.15) is 23.2 Å². The molecule has 0 atom stereocenters. The van der Waals surface area contributed by atoms with Crippen LogP contribution >= 0.6 is 0 Å². The van der Waals surface area contributed by atoms with Crippen molar-refractivity contribution in [2.45, 2.75) is 25.9 Å². The van der Waals surface area contributed by atoms with Gasteiger partial charge in [-0.15, -0.1) is 0 Å². The van der Waals surface area contributed by atoms with Gasteiger partial charge in [0.15, 0.2) is 17.3 Å². The normalized spacial score (nSPS) is 11.8. The number of aromatic nitrogens is 5. The van der Waals surface area contributed by atoms with Crippen molar-refractivity contribution in [3.63, 3.8) is 0 Å². The van der Waals surface area contributed by atoms with E-state index in [0.717, 1.165) is 10.8 Å². The summed E-state index contributed by atoms with van der Waals surface area (Å²) in [4.78, 5) is 35.1. The molecule has 11 heteroatoms. The first-order valence-corrected chi connectivity index (χ1v) is 14.1. The van der Waals surface area contributed by atoms with E-state index < -0.39 is 17.2 Å². The molecule has 1 aliphatic heterocycles. The second-order valence-corrected chi connectivity index (χ2v) is 10.5. The zero-order chi connectivity index (χ0) is 29.3. The summed E-state index contributed by atoms with van der Waals surface area (Å²) in [7, 11) is 0. The number of nitrogens with one attached hydrogen (secondary N) is 2. The van der Waals surface area contributed by atoms with Crippen molar-refractivity contribution in [3.05, 3.63) is 108 Å². The number of carbonyl (C=O) groups is 1. The minimum Gasteiger partial charge on any atom is -0.451 e. The molecule has 0 aliphatic carbocycles. The minimum absolute atomic E-state index is 0.0671. The quantitative estimate of drug-likeness (QED) is 0.219. The van der Waals surface area contributed by atoms with Crippen LogP contribution in [0.3, 0.4) is 0 Å². The van der Waals surface area contributed by atoms with Crippen LogP contribution in [-0.2, 0) is 13.1 Å². The SMILES string of the molecule is O=C(NCCCn1ccnc1)c1cn2c3c(c(NCCCn4ccnc4)c(F)cc3c1=O)Oc1cc3ccccc3cc1-2. The third kappa shape index (κ3) is 4.99. The second-order valence-electron chi connectivity index (χ2n) is 10.5. The first-order valence-electron chi connectivity index (χ1n) is 14.1. The molecule has 0 spiro atoms. The summed E-state index contributed by atoms with van der Waals surface area (Å²) in [5, 5.41) is 8.01. The smallest absolute Gasteiger partial charge is 0.256 e. The highest BCUT2D eigenvalue weighted by Crippen LogP contribution is 2.46. The van der Waals surface area contributed by atoms with Gasteiger partial charge in [0, 0.05) is 57.2 Å². The van der Waals surface area contributed by atoms with E-state index in [9.17, 15) is 9.59 Å². The highest BCUT2D eigenvalue weighted by atomic mass is 19.1. The van der Waals surface area contributed by atoms with Crippen molar-refractivity contribution in [3.8, 4) is 17.2 Å². The van der Waals surface area contributed by atoms with Crippen LogP contribution in [0.4, 0.5) is 10.1 Å². The largest absolute Gasteiger partial charge is 0.451 e. The Morgan fingerprint density at radius 3 is 2.33 bits per heavy atom. The van der Waals surface area contributed by atoms with Gasteiger partial charge in [-0.05, 0) is 41.8 Å². The van der Waals surface area contributed by atoms with Gasteiger partial charge < -0.3 is 29.1 Å². The van der Waals surface area contributed by atoms with E-state index in [4.69, 9.17) is 4.74 Å². The Bertz CT molecular complexity index is 2020. The molecule has 0 radical (unpaired) electrons. The maximum atomic E-state index is 15.7. The van der Waals surface area contributed by atoms with Gasteiger partial charge in [-0.25, -0.2) is 14.4 Å². The molecule has 0 saturated carbocycles. The summed E-state index contributed by atoms with van der Waals surface area (Å²) in [6, 6.07) is 12.9. The van der Waals surface area contributed by atoms with Gasteiger partial charge in [0.2, 0.25) is 5.43 Å². The number of aryl methyl sites for hydroxylation is 2. The second kappa shape index (κ2) is 11.1.